The van der Waals surface area contributed by atoms with Crippen LogP contribution in [-0.2, 0) is 11.2 Å². The summed E-state index contributed by atoms with van der Waals surface area (Å²) in [4.78, 5) is 28.9. The Morgan fingerprint density at radius 2 is 1.66 bits per heavy atom. The van der Waals surface area contributed by atoms with Gasteiger partial charge in [-0.2, -0.15) is 0 Å². The van der Waals surface area contributed by atoms with Gasteiger partial charge in [0, 0.05) is 23.9 Å². The second kappa shape index (κ2) is 10.7. The molecule has 3 atom stereocenters. The number of ether oxygens (including phenoxy) is 1. The second-order valence-electron chi connectivity index (χ2n) is 9.07. The van der Waals surface area contributed by atoms with Crippen molar-refractivity contribution in [2.24, 2.45) is 5.92 Å². The Morgan fingerprint density at radius 1 is 1.00 bits per heavy atom. The number of methoxy groups -OCH3 is 1. The van der Waals surface area contributed by atoms with E-state index in [0.717, 1.165) is 22.4 Å². The maximum absolute atomic E-state index is 13.9. The van der Waals surface area contributed by atoms with Gasteiger partial charge >= 0.3 is 0 Å². The summed E-state index contributed by atoms with van der Waals surface area (Å²) in [5, 5.41) is 0. The molecule has 0 fully saturated rings. The van der Waals surface area contributed by atoms with Crippen LogP contribution in [0.1, 0.15) is 39.9 Å². The van der Waals surface area contributed by atoms with E-state index in [-0.39, 0.29) is 23.4 Å². The van der Waals surface area contributed by atoms with Crippen LogP contribution in [0, 0.1) is 18.7 Å². The van der Waals surface area contributed by atoms with Crippen LogP contribution in [0.2, 0.25) is 0 Å². The summed E-state index contributed by atoms with van der Waals surface area (Å²) < 4.78 is 18.8. The van der Waals surface area contributed by atoms with Gasteiger partial charge in [0.05, 0.1) is 13.2 Å². The number of ketones is 1. The highest BCUT2D eigenvalue weighted by atomic mass is 19.1. The fourth-order valence-corrected chi connectivity index (χ4v) is 4.65. The number of amides is 1. The largest absolute Gasteiger partial charge is 0.497 e. The van der Waals surface area contributed by atoms with E-state index in [1.807, 2.05) is 55.5 Å². The van der Waals surface area contributed by atoms with Crippen LogP contribution in [-0.4, -0.2) is 36.3 Å². The lowest BCUT2D eigenvalue weighted by Gasteiger charge is -2.35. The molecule has 0 spiro atoms. The van der Waals surface area contributed by atoms with Crippen LogP contribution in [0.25, 0.3) is 0 Å². The zero-order chi connectivity index (χ0) is 24.9. The summed E-state index contributed by atoms with van der Waals surface area (Å²) in [6, 6.07) is 20.8. The SMILES string of the molecule is COc1ccc([C@@H]2/C=C\CN(C(=O)c3ccc(C)cc3)[C@@H](C)C(=O)[C@H]2Cc2ccc(F)cc2)cc1. The van der Waals surface area contributed by atoms with E-state index >= 15 is 0 Å². The third-order valence-corrected chi connectivity index (χ3v) is 6.75. The molecule has 0 bridgehead atoms. The quantitative estimate of drug-likeness (QED) is 0.445. The lowest BCUT2D eigenvalue weighted by Crippen LogP contribution is -2.47. The Kier molecular flexibility index (Phi) is 7.45. The maximum atomic E-state index is 13.9. The molecular weight excluding hydrogens is 441 g/mol. The molecule has 35 heavy (non-hydrogen) atoms. The molecule has 180 valence electrons. The first-order valence-electron chi connectivity index (χ1n) is 11.8. The van der Waals surface area contributed by atoms with E-state index < -0.39 is 12.0 Å². The van der Waals surface area contributed by atoms with Crippen molar-refractivity contribution < 1.29 is 18.7 Å². The zero-order valence-electron chi connectivity index (χ0n) is 20.3. The highest BCUT2D eigenvalue weighted by molar-refractivity contribution is 5.99. The fourth-order valence-electron chi connectivity index (χ4n) is 4.65. The molecule has 1 aliphatic rings. The van der Waals surface area contributed by atoms with Crippen LogP contribution in [0.5, 0.6) is 5.75 Å². The number of hydrogen-bond acceptors (Lipinski definition) is 3. The molecule has 1 amide bonds. The monoisotopic (exact) mass is 471 g/mol. The number of aryl methyl sites for hydroxylation is 1. The van der Waals surface area contributed by atoms with Crippen molar-refractivity contribution >= 4 is 11.7 Å². The van der Waals surface area contributed by atoms with Crippen LogP contribution < -0.4 is 4.74 Å². The molecule has 0 saturated heterocycles. The normalized spacial score (nSPS) is 21.2. The van der Waals surface area contributed by atoms with Gasteiger partial charge in [-0.15, -0.1) is 0 Å². The summed E-state index contributed by atoms with van der Waals surface area (Å²) in [5.41, 5.74) is 3.50. The fraction of sp³-hybridized carbons (Fsp3) is 0.267. The number of nitrogens with zero attached hydrogens (tertiary/aromatic N) is 1. The number of hydrogen-bond donors (Lipinski definition) is 0. The Labute approximate surface area is 206 Å². The third-order valence-electron chi connectivity index (χ3n) is 6.75. The van der Waals surface area contributed by atoms with Gasteiger partial charge in [0.25, 0.3) is 5.91 Å². The van der Waals surface area contributed by atoms with Crippen molar-refractivity contribution in [2.75, 3.05) is 13.7 Å². The lowest BCUT2D eigenvalue weighted by atomic mass is 9.76. The van der Waals surface area contributed by atoms with Gasteiger partial charge < -0.3 is 9.64 Å². The molecule has 4 nitrogen and oxygen atoms in total. The molecule has 4 rings (SSSR count). The highest BCUT2D eigenvalue weighted by Gasteiger charge is 2.36. The number of Topliss-reactive ketones (excluding diaryl/α,β-unsaturated/α-hetero) is 1. The van der Waals surface area contributed by atoms with Gasteiger partial charge in [-0.25, -0.2) is 4.39 Å². The molecule has 0 N–H and O–H groups in total. The lowest BCUT2D eigenvalue weighted by molar-refractivity contribution is -0.127. The van der Waals surface area contributed by atoms with E-state index in [1.165, 1.54) is 12.1 Å². The van der Waals surface area contributed by atoms with Crippen LogP contribution in [0.3, 0.4) is 0 Å². The number of carbonyl (C=O) groups excluding carboxylic acids is 2. The van der Waals surface area contributed by atoms with E-state index in [2.05, 4.69) is 0 Å². The molecule has 0 aliphatic carbocycles. The minimum atomic E-state index is -0.611. The standard InChI is InChI=1S/C30H30FNO3/c1-20-6-10-24(11-7-20)30(34)32-18-4-5-27(23-12-16-26(35-3)17-13-23)28(29(33)21(32)2)19-22-8-14-25(31)15-9-22/h4-17,21,27-28H,18-19H2,1-3H3/b5-4-/t21-,27-,28-/m0/s1. The van der Waals surface area contributed by atoms with E-state index in [4.69, 9.17) is 4.74 Å². The van der Waals surface area contributed by atoms with Crippen molar-refractivity contribution in [3.8, 4) is 5.75 Å². The average Bonchev–Trinajstić information content (AvgIpc) is 2.88. The van der Waals surface area contributed by atoms with Gasteiger partial charge in [-0.1, -0.05) is 54.1 Å². The van der Waals surface area contributed by atoms with Crippen LogP contribution >= 0.6 is 0 Å². The Bertz CT molecular complexity index is 1200. The minimum Gasteiger partial charge on any atom is -0.497 e. The molecule has 0 saturated carbocycles. The summed E-state index contributed by atoms with van der Waals surface area (Å²) >= 11 is 0. The number of halogens is 1. The molecule has 0 radical (unpaired) electrons. The van der Waals surface area contributed by atoms with Crippen molar-refractivity contribution in [3.63, 3.8) is 0 Å². The second-order valence-corrected chi connectivity index (χ2v) is 9.07. The average molecular weight is 472 g/mol. The van der Waals surface area contributed by atoms with Gasteiger partial charge in [-0.05, 0) is 67.8 Å². The summed E-state index contributed by atoms with van der Waals surface area (Å²) in [6.45, 7) is 4.12. The van der Waals surface area contributed by atoms with E-state index in [9.17, 15) is 14.0 Å². The van der Waals surface area contributed by atoms with Crippen molar-refractivity contribution in [2.45, 2.75) is 32.2 Å². The van der Waals surface area contributed by atoms with Gasteiger partial charge in [0.15, 0.2) is 5.78 Å². The zero-order valence-corrected chi connectivity index (χ0v) is 20.3. The third kappa shape index (κ3) is 5.51. The first-order valence-corrected chi connectivity index (χ1v) is 11.8. The van der Waals surface area contributed by atoms with Crippen LogP contribution in [0.4, 0.5) is 4.39 Å². The van der Waals surface area contributed by atoms with E-state index in [0.29, 0.717) is 18.5 Å². The van der Waals surface area contributed by atoms with Crippen molar-refractivity contribution in [3.05, 3.63) is 113 Å². The van der Waals surface area contributed by atoms with Gasteiger partial charge in [0.1, 0.15) is 11.6 Å². The predicted octanol–water partition coefficient (Wildman–Crippen LogP) is 5.76. The minimum absolute atomic E-state index is 0.0139. The molecular formula is C30H30FNO3. The van der Waals surface area contributed by atoms with E-state index in [1.54, 1.807) is 43.2 Å². The predicted molar refractivity (Wildman–Crippen MR) is 135 cm³/mol. The Hall–Kier alpha value is -3.73. The van der Waals surface area contributed by atoms with Gasteiger partial charge in [-0.3, -0.25) is 9.59 Å². The number of rotatable bonds is 5. The number of carbonyl (C=O) groups is 2. The summed E-state index contributed by atoms with van der Waals surface area (Å²) in [5.74, 6) is -0.356. The van der Waals surface area contributed by atoms with Gasteiger partial charge in [0.2, 0.25) is 0 Å². The highest BCUT2D eigenvalue weighted by Crippen LogP contribution is 2.34. The number of allylic oxidation sites excluding steroid dienone is 1. The van der Waals surface area contributed by atoms with Crippen molar-refractivity contribution in [1.82, 2.24) is 4.90 Å². The molecule has 1 aliphatic heterocycles. The molecule has 3 aromatic carbocycles. The first kappa shape index (κ1) is 24.4. The van der Waals surface area contributed by atoms with Crippen molar-refractivity contribution in [1.29, 1.82) is 0 Å². The molecule has 1 heterocycles. The Balaban J connectivity index is 1.70. The molecule has 0 aromatic heterocycles. The maximum Gasteiger partial charge on any atom is 0.254 e. The topological polar surface area (TPSA) is 46.6 Å². The van der Waals surface area contributed by atoms with Crippen LogP contribution in [0.15, 0.2) is 84.9 Å². The number of benzene rings is 3. The first-order chi connectivity index (χ1) is 16.9. The smallest absolute Gasteiger partial charge is 0.254 e. The summed E-state index contributed by atoms with van der Waals surface area (Å²) in [7, 11) is 1.62. The summed E-state index contributed by atoms with van der Waals surface area (Å²) in [6.07, 6.45) is 4.44. The molecule has 0 unspecified atom stereocenters. The molecule has 5 heteroatoms. The Morgan fingerprint density at radius 3 is 2.29 bits per heavy atom. The molecule has 3 aromatic rings.